The van der Waals surface area contributed by atoms with Crippen molar-refractivity contribution in [2.75, 3.05) is 11.6 Å². The Kier molecular flexibility index (Phi) is 6.42. The van der Waals surface area contributed by atoms with Crippen molar-refractivity contribution in [1.29, 1.82) is 5.26 Å². The predicted molar refractivity (Wildman–Crippen MR) is 97.9 cm³/mol. The normalized spacial score (nSPS) is 12.9. The van der Waals surface area contributed by atoms with Crippen molar-refractivity contribution >= 4 is 38.7 Å². The van der Waals surface area contributed by atoms with Gasteiger partial charge < -0.3 is 15.6 Å². The maximum Gasteiger partial charge on any atom is 0.240 e. The van der Waals surface area contributed by atoms with Crippen molar-refractivity contribution in [1.82, 2.24) is 0 Å². The number of halogens is 2. The molecule has 2 aromatic carbocycles. The van der Waals surface area contributed by atoms with E-state index in [-0.39, 0.29) is 17.7 Å². The minimum Gasteiger partial charge on any atom is -0.612 e. The highest BCUT2D eigenvalue weighted by Crippen LogP contribution is 2.25. The van der Waals surface area contributed by atoms with Crippen LogP contribution in [0.3, 0.4) is 0 Å². The number of nitrogens with two attached hydrogens (primary N) is 1. The van der Waals surface area contributed by atoms with Crippen LogP contribution in [0.4, 0.5) is 10.1 Å². The molecule has 0 bridgehead atoms. The third kappa shape index (κ3) is 4.95. The number of primary amides is 1. The van der Waals surface area contributed by atoms with E-state index in [1.807, 2.05) is 6.07 Å². The van der Waals surface area contributed by atoms with E-state index in [2.05, 4.69) is 21.2 Å². The largest absolute Gasteiger partial charge is 0.612 e. The maximum absolute atomic E-state index is 14.1. The molecule has 0 aliphatic rings. The number of hydrogen-bond donors (Lipinski definition) is 2. The van der Waals surface area contributed by atoms with E-state index in [1.54, 1.807) is 30.5 Å². The molecule has 0 radical (unpaired) electrons. The molecular formula is C17H15BrFN3O2S. The minimum absolute atomic E-state index is 0.0703. The number of nitrogens with zero attached hydrogens (tertiary/aromatic N) is 1. The smallest absolute Gasteiger partial charge is 0.240 e. The Balaban J connectivity index is 2.21. The van der Waals surface area contributed by atoms with Crippen molar-refractivity contribution in [3.63, 3.8) is 0 Å². The molecule has 0 aliphatic heterocycles. The fraction of sp³-hybridized carbons (Fsp3) is 0.176. The van der Waals surface area contributed by atoms with E-state index < -0.39 is 28.9 Å². The summed E-state index contributed by atoms with van der Waals surface area (Å²) in [6, 6.07) is 10.4. The van der Waals surface area contributed by atoms with Crippen LogP contribution in [0.25, 0.3) is 0 Å². The monoisotopic (exact) mass is 423 g/mol. The molecule has 0 aromatic heterocycles. The van der Waals surface area contributed by atoms with Crippen molar-refractivity contribution in [2.45, 2.75) is 17.4 Å². The third-order valence-corrected chi connectivity index (χ3v) is 5.14. The van der Waals surface area contributed by atoms with Gasteiger partial charge in [-0.25, -0.2) is 4.39 Å². The van der Waals surface area contributed by atoms with Crippen LogP contribution in [0.1, 0.15) is 11.1 Å². The molecule has 5 nitrogen and oxygen atoms in total. The molecule has 2 rings (SSSR count). The van der Waals surface area contributed by atoms with Gasteiger partial charge >= 0.3 is 0 Å². The van der Waals surface area contributed by atoms with E-state index in [0.717, 1.165) is 11.6 Å². The first-order valence-corrected chi connectivity index (χ1v) is 9.54. The van der Waals surface area contributed by atoms with Crippen LogP contribution >= 0.6 is 15.9 Å². The van der Waals surface area contributed by atoms with Gasteiger partial charge in [0.25, 0.3) is 0 Å². The summed E-state index contributed by atoms with van der Waals surface area (Å²) in [4.78, 5) is 12.4. The first-order chi connectivity index (χ1) is 11.8. The van der Waals surface area contributed by atoms with Crippen LogP contribution in [0.15, 0.2) is 45.8 Å². The summed E-state index contributed by atoms with van der Waals surface area (Å²) in [6.07, 6.45) is 1.82. The van der Waals surface area contributed by atoms with Gasteiger partial charge in [0.05, 0.1) is 11.3 Å². The van der Waals surface area contributed by atoms with Gasteiger partial charge in [-0.1, -0.05) is 12.1 Å². The van der Waals surface area contributed by atoms with E-state index in [0.29, 0.717) is 9.37 Å². The lowest BCUT2D eigenvalue weighted by atomic mass is 10.0. The van der Waals surface area contributed by atoms with Gasteiger partial charge in [0, 0.05) is 10.9 Å². The summed E-state index contributed by atoms with van der Waals surface area (Å²) < 4.78 is 25.9. The van der Waals surface area contributed by atoms with E-state index >= 15 is 0 Å². The SMILES string of the molecule is C[S+]([O-])c1ccc(C[C@@H](Nc2cc(Br)c(C#N)cc2F)C(N)=O)cc1. The van der Waals surface area contributed by atoms with E-state index in [9.17, 15) is 13.7 Å². The number of carbonyl (C=O) groups excluding carboxylic acids is 1. The van der Waals surface area contributed by atoms with Crippen molar-refractivity contribution in [3.8, 4) is 6.07 Å². The molecule has 25 heavy (non-hydrogen) atoms. The predicted octanol–water partition coefficient (Wildman–Crippen LogP) is 2.71. The minimum atomic E-state index is -1.09. The molecule has 2 aromatic rings. The molecule has 3 N–H and O–H groups in total. The summed E-state index contributed by atoms with van der Waals surface area (Å²) in [5.41, 5.74) is 6.43. The number of nitrogens with one attached hydrogen (secondary N) is 1. The summed E-state index contributed by atoms with van der Waals surface area (Å²) in [5, 5.41) is 11.7. The highest BCUT2D eigenvalue weighted by Gasteiger charge is 2.19. The quantitative estimate of drug-likeness (QED) is 0.697. The van der Waals surface area contributed by atoms with Crippen LogP contribution in [0.2, 0.25) is 0 Å². The fourth-order valence-electron chi connectivity index (χ4n) is 2.21. The first kappa shape index (κ1) is 19.2. The van der Waals surface area contributed by atoms with Crippen LogP contribution < -0.4 is 11.1 Å². The summed E-state index contributed by atoms with van der Waals surface area (Å²) >= 11 is 2.09. The zero-order chi connectivity index (χ0) is 18.6. The molecular weight excluding hydrogens is 409 g/mol. The highest BCUT2D eigenvalue weighted by atomic mass is 79.9. The lowest BCUT2D eigenvalue weighted by molar-refractivity contribution is -0.118. The van der Waals surface area contributed by atoms with Gasteiger partial charge in [-0.3, -0.25) is 4.79 Å². The van der Waals surface area contributed by atoms with Gasteiger partial charge in [0.15, 0.2) is 4.90 Å². The standard InChI is InChI=1S/C17H15BrFN3O2S/c1-25(24)12-4-2-10(3-5-12)6-16(17(21)23)22-15-8-13(18)11(9-20)7-14(15)19/h2-5,7-8,16,22H,6H2,1H3,(H2,21,23)/t16-,25?/m1/s1. The molecule has 0 fully saturated rings. The number of benzene rings is 2. The topological polar surface area (TPSA) is 102 Å². The molecule has 1 unspecified atom stereocenters. The maximum atomic E-state index is 14.1. The highest BCUT2D eigenvalue weighted by molar-refractivity contribution is 9.10. The number of nitriles is 1. The zero-order valence-electron chi connectivity index (χ0n) is 13.3. The van der Waals surface area contributed by atoms with Gasteiger partial charge in [0.1, 0.15) is 24.2 Å². The average molecular weight is 424 g/mol. The molecule has 8 heteroatoms. The van der Waals surface area contributed by atoms with Crippen LogP contribution in [-0.2, 0) is 22.4 Å². The summed E-state index contributed by atoms with van der Waals surface area (Å²) in [6.45, 7) is 0. The van der Waals surface area contributed by atoms with Crippen LogP contribution in [-0.4, -0.2) is 22.8 Å². The molecule has 1 amide bonds. The van der Waals surface area contributed by atoms with Crippen LogP contribution in [0, 0.1) is 17.1 Å². The number of rotatable bonds is 6. The van der Waals surface area contributed by atoms with E-state index in [1.165, 1.54) is 6.07 Å². The number of carbonyl (C=O) groups is 1. The second-order valence-corrected chi connectivity index (χ2v) is 7.56. The van der Waals surface area contributed by atoms with Gasteiger partial charge in [-0.15, -0.1) is 0 Å². The fourth-order valence-corrected chi connectivity index (χ4v) is 3.16. The second-order valence-electron chi connectivity index (χ2n) is 5.33. The molecule has 0 aliphatic carbocycles. The molecule has 0 saturated heterocycles. The Hall–Kier alpha value is -2.08. The number of amides is 1. The Morgan fingerprint density at radius 2 is 2.08 bits per heavy atom. The molecule has 130 valence electrons. The average Bonchev–Trinajstić information content (AvgIpc) is 2.57. The summed E-state index contributed by atoms with van der Waals surface area (Å²) in [7, 11) is 0. The van der Waals surface area contributed by atoms with Crippen LogP contribution in [0.5, 0.6) is 0 Å². The van der Waals surface area contributed by atoms with Crippen molar-refractivity contribution in [2.24, 2.45) is 5.73 Å². The third-order valence-electron chi connectivity index (χ3n) is 3.55. The number of hydrogen-bond acceptors (Lipinski definition) is 4. The number of anilines is 1. The van der Waals surface area contributed by atoms with Gasteiger partial charge in [-0.2, -0.15) is 5.26 Å². The molecule has 0 spiro atoms. The second kappa shape index (κ2) is 8.34. The zero-order valence-corrected chi connectivity index (χ0v) is 15.7. The summed E-state index contributed by atoms with van der Waals surface area (Å²) in [5.74, 6) is -1.29. The Bertz CT molecular complexity index is 822. The molecule has 0 heterocycles. The lowest BCUT2D eigenvalue weighted by Crippen LogP contribution is -2.37. The van der Waals surface area contributed by atoms with Crippen molar-refractivity contribution in [3.05, 3.63) is 57.8 Å². The molecule has 0 saturated carbocycles. The van der Waals surface area contributed by atoms with Gasteiger partial charge in [0.2, 0.25) is 5.91 Å². The lowest BCUT2D eigenvalue weighted by Gasteiger charge is -2.18. The molecule has 2 atom stereocenters. The first-order valence-electron chi connectivity index (χ1n) is 7.19. The van der Waals surface area contributed by atoms with E-state index in [4.69, 9.17) is 11.0 Å². The Morgan fingerprint density at radius 1 is 1.44 bits per heavy atom. The Labute approximate surface area is 156 Å². The Morgan fingerprint density at radius 3 is 2.60 bits per heavy atom. The van der Waals surface area contributed by atoms with Gasteiger partial charge in [-0.05, 0) is 56.9 Å². The van der Waals surface area contributed by atoms with Crippen molar-refractivity contribution < 1.29 is 13.7 Å².